The Balaban J connectivity index is 1.07. The van der Waals surface area contributed by atoms with Crippen LogP contribution in [0.4, 0.5) is 17.6 Å². The normalized spacial score (nSPS) is 25.1. The van der Waals surface area contributed by atoms with Gasteiger partial charge in [-0.1, -0.05) is 0 Å². The van der Waals surface area contributed by atoms with Gasteiger partial charge in [-0.15, -0.1) is 8.78 Å². The minimum Gasteiger partial charge on any atom is -0.484 e. The summed E-state index contributed by atoms with van der Waals surface area (Å²) >= 11 is 0. The van der Waals surface area contributed by atoms with Crippen LogP contribution in [0.3, 0.4) is 0 Å². The number of rotatable bonds is 8. The fourth-order valence-corrected chi connectivity index (χ4v) is 4.54. The second kappa shape index (κ2) is 7.64. The van der Waals surface area contributed by atoms with Crippen molar-refractivity contribution in [3.05, 3.63) is 42.1 Å². The first kappa shape index (κ1) is 22.0. The summed E-state index contributed by atoms with van der Waals surface area (Å²) < 4.78 is 68.6. The predicted octanol–water partition coefficient (Wildman–Crippen LogP) is 2.60. The lowest BCUT2D eigenvalue weighted by Crippen LogP contribution is -2.84. The number of aromatic nitrogens is 1. The molecule has 2 aromatic rings. The molecule has 6 rings (SSSR count). The van der Waals surface area contributed by atoms with Crippen molar-refractivity contribution in [3.63, 3.8) is 0 Å². The number of nitrogens with zero attached hydrogens (tertiary/aromatic N) is 1. The molecule has 1 aliphatic heterocycles. The Labute approximate surface area is 189 Å². The monoisotopic (exact) mass is 483 g/mol. The fraction of sp³-hybridized carbons (Fsp3) is 0.381. The lowest BCUT2D eigenvalue weighted by atomic mass is 9.44. The molecule has 2 bridgehead atoms. The summed E-state index contributed by atoms with van der Waals surface area (Å²) in [6, 6.07) is 6.35. The molecule has 0 spiro atoms. The van der Waals surface area contributed by atoms with Crippen LogP contribution in [0.1, 0.15) is 29.6 Å². The second-order valence-electron chi connectivity index (χ2n) is 8.42. The van der Waals surface area contributed by atoms with E-state index in [2.05, 4.69) is 29.8 Å². The molecule has 2 N–H and O–H groups in total. The van der Waals surface area contributed by atoms with E-state index in [1.54, 1.807) is 0 Å². The first-order chi connectivity index (χ1) is 16.0. The van der Waals surface area contributed by atoms with Gasteiger partial charge in [0.25, 0.3) is 11.8 Å². The molecular formula is C21H17F4N3O6. The highest BCUT2D eigenvalue weighted by molar-refractivity contribution is 5.95. The Morgan fingerprint density at radius 2 is 1.74 bits per heavy atom. The minimum atomic E-state index is -3.74. The minimum absolute atomic E-state index is 0.128. The lowest BCUT2D eigenvalue weighted by Gasteiger charge is -2.70. The molecule has 2 amide bonds. The highest BCUT2D eigenvalue weighted by Crippen LogP contribution is 2.60. The van der Waals surface area contributed by atoms with Gasteiger partial charge >= 0.3 is 12.9 Å². The van der Waals surface area contributed by atoms with Crippen LogP contribution >= 0.6 is 0 Å². The quantitative estimate of drug-likeness (QED) is 0.556. The Hall–Kier alpha value is -3.77. The summed E-state index contributed by atoms with van der Waals surface area (Å²) in [7, 11) is 0. The van der Waals surface area contributed by atoms with Crippen LogP contribution < -0.4 is 29.6 Å². The highest BCUT2D eigenvalue weighted by atomic mass is 19.3. The highest BCUT2D eigenvalue weighted by Gasteiger charge is 2.69. The molecule has 0 atom stereocenters. The average molecular weight is 483 g/mol. The van der Waals surface area contributed by atoms with Gasteiger partial charge in [0.2, 0.25) is 5.88 Å². The van der Waals surface area contributed by atoms with Crippen molar-refractivity contribution < 1.29 is 46.1 Å². The molecule has 3 saturated carbocycles. The van der Waals surface area contributed by atoms with E-state index < -0.39 is 35.8 Å². The SMILES string of the molecule is O=C(COc1ccc2c(c1)OC(F)(F)O2)NC12CC(NC(=O)c3ccc(OC(F)F)nc3)(C1)C2. The van der Waals surface area contributed by atoms with Crippen LogP contribution in [0.15, 0.2) is 36.5 Å². The van der Waals surface area contributed by atoms with Gasteiger partial charge in [-0.3, -0.25) is 9.59 Å². The third kappa shape index (κ3) is 4.24. The largest absolute Gasteiger partial charge is 0.586 e. The maximum atomic E-state index is 13.1. The van der Waals surface area contributed by atoms with Gasteiger partial charge < -0.3 is 29.6 Å². The third-order valence-corrected chi connectivity index (χ3v) is 5.76. The number of halogens is 4. The number of carbonyl (C=O) groups is 2. The van der Waals surface area contributed by atoms with Gasteiger partial charge in [-0.05, 0) is 37.5 Å². The Morgan fingerprint density at radius 1 is 1.03 bits per heavy atom. The van der Waals surface area contributed by atoms with Gasteiger partial charge in [0.15, 0.2) is 18.1 Å². The molecule has 1 aromatic carbocycles. The van der Waals surface area contributed by atoms with Crippen LogP contribution in [-0.2, 0) is 4.79 Å². The maximum Gasteiger partial charge on any atom is 0.586 e. The third-order valence-electron chi connectivity index (χ3n) is 5.76. The fourth-order valence-electron chi connectivity index (χ4n) is 4.54. The van der Waals surface area contributed by atoms with E-state index in [0.29, 0.717) is 19.3 Å². The van der Waals surface area contributed by atoms with E-state index in [9.17, 15) is 27.2 Å². The summed E-state index contributed by atoms with van der Waals surface area (Å²) in [4.78, 5) is 28.3. The number of alkyl halides is 4. The molecule has 9 nitrogen and oxygen atoms in total. The molecule has 3 aliphatic carbocycles. The number of hydrogen-bond acceptors (Lipinski definition) is 7. The van der Waals surface area contributed by atoms with Gasteiger partial charge in [0, 0.05) is 29.4 Å². The van der Waals surface area contributed by atoms with E-state index >= 15 is 0 Å². The molecule has 34 heavy (non-hydrogen) atoms. The van der Waals surface area contributed by atoms with Gasteiger partial charge in [0.05, 0.1) is 5.56 Å². The van der Waals surface area contributed by atoms with E-state index in [0.717, 1.165) is 6.20 Å². The van der Waals surface area contributed by atoms with Crippen LogP contribution in [0, 0.1) is 0 Å². The number of carbonyl (C=O) groups excluding carboxylic acids is 2. The Kier molecular flexibility index (Phi) is 4.95. The molecule has 180 valence electrons. The van der Waals surface area contributed by atoms with Crippen molar-refractivity contribution in [2.45, 2.75) is 43.2 Å². The molecule has 2 heterocycles. The summed E-state index contributed by atoms with van der Waals surface area (Å²) in [5.74, 6) is -1.26. The van der Waals surface area contributed by atoms with Crippen molar-refractivity contribution in [1.82, 2.24) is 15.6 Å². The van der Waals surface area contributed by atoms with E-state index in [-0.39, 0.29) is 35.3 Å². The second-order valence-corrected chi connectivity index (χ2v) is 8.42. The molecular weight excluding hydrogens is 466 g/mol. The van der Waals surface area contributed by atoms with Gasteiger partial charge in [-0.2, -0.15) is 8.78 Å². The number of benzene rings is 1. The van der Waals surface area contributed by atoms with E-state index in [1.165, 1.54) is 30.3 Å². The number of nitrogens with one attached hydrogen (secondary N) is 2. The van der Waals surface area contributed by atoms with Crippen molar-refractivity contribution in [3.8, 4) is 23.1 Å². The van der Waals surface area contributed by atoms with E-state index in [4.69, 9.17) is 4.74 Å². The Bertz CT molecular complexity index is 1120. The molecule has 1 aromatic heterocycles. The molecule has 0 saturated heterocycles. The zero-order valence-electron chi connectivity index (χ0n) is 17.3. The lowest BCUT2D eigenvalue weighted by molar-refractivity contribution is -0.286. The molecule has 0 radical (unpaired) electrons. The summed E-state index contributed by atoms with van der Waals surface area (Å²) in [6.07, 6.45) is -1.02. The Morgan fingerprint density at radius 3 is 2.41 bits per heavy atom. The van der Waals surface area contributed by atoms with Crippen LogP contribution in [0.2, 0.25) is 0 Å². The summed E-state index contributed by atoms with van der Waals surface area (Å²) in [5, 5.41) is 5.75. The number of ether oxygens (including phenoxy) is 4. The van der Waals surface area contributed by atoms with Crippen molar-refractivity contribution in [2.24, 2.45) is 0 Å². The molecule has 0 unspecified atom stereocenters. The smallest absolute Gasteiger partial charge is 0.484 e. The van der Waals surface area contributed by atoms with Crippen LogP contribution in [0.5, 0.6) is 23.1 Å². The summed E-state index contributed by atoms with van der Waals surface area (Å²) in [5.41, 5.74) is -0.705. The van der Waals surface area contributed by atoms with Crippen LogP contribution in [-0.4, -0.2) is 47.4 Å². The van der Waals surface area contributed by atoms with E-state index in [1.807, 2.05) is 0 Å². The number of amides is 2. The number of pyridine rings is 1. The maximum absolute atomic E-state index is 13.1. The zero-order valence-corrected chi connectivity index (χ0v) is 17.3. The number of fused-ring (bicyclic) bond motifs is 1. The van der Waals surface area contributed by atoms with Crippen molar-refractivity contribution in [1.29, 1.82) is 0 Å². The molecule has 13 heteroatoms. The van der Waals surface area contributed by atoms with Crippen molar-refractivity contribution >= 4 is 11.8 Å². The van der Waals surface area contributed by atoms with Crippen LogP contribution in [0.25, 0.3) is 0 Å². The molecule has 3 fully saturated rings. The first-order valence-electron chi connectivity index (χ1n) is 10.1. The number of hydrogen-bond donors (Lipinski definition) is 2. The van der Waals surface area contributed by atoms with Gasteiger partial charge in [-0.25, -0.2) is 4.98 Å². The molecule has 4 aliphatic rings. The zero-order chi connectivity index (χ0) is 24.1. The standard InChI is InChI=1S/C21H17F4N3O6/c22-18(23)32-16-4-1-11(6-26-16)17(30)28-20-8-19(9-20,10-20)27-15(29)7-31-12-2-3-13-14(5-12)34-21(24,25)33-13/h1-6,18H,7-10H2,(H,27,29)(H,28,30). The van der Waals surface area contributed by atoms with Gasteiger partial charge in [0.1, 0.15) is 5.75 Å². The average Bonchev–Trinajstić information content (AvgIpc) is 3.02. The topological polar surface area (TPSA) is 108 Å². The summed E-state index contributed by atoms with van der Waals surface area (Å²) in [6.45, 7) is -3.34. The predicted molar refractivity (Wildman–Crippen MR) is 104 cm³/mol. The van der Waals surface area contributed by atoms with Crippen molar-refractivity contribution in [2.75, 3.05) is 6.61 Å². The first-order valence-corrected chi connectivity index (χ1v) is 10.1.